The van der Waals surface area contributed by atoms with Gasteiger partial charge in [0.25, 0.3) is 5.91 Å². The van der Waals surface area contributed by atoms with Gasteiger partial charge in [0.15, 0.2) is 0 Å². The van der Waals surface area contributed by atoms with E-state index in [0.29, 0.717) is 11.1 Å². The minimum Gasteiger partial charge on any atom is -0.350 e. The molecule has 3 aromatic rings. The van der Waals surface area contributed by atoms with Crippen LogP contribution in [0.25, 0.3) is 21.9 Å². The molecule has 0 unspecified atom stereocenters. The lowest BCUT2D eigenvalue weighted by Gasteiger charge is -2.14. The first kappa shape index (κ1) is 19.9. The van der Waals surface area contributed by atoms with Crippen LogP contribution in [0.4, 0.5) is 13.2 Å². The predicted molar refractivity (Wildman–Crippen MR) is 106 cm³/mol. The van der Waals surface area contributed by atoms with Crippen molar-refractivity contribution in [2.75, 3.05) is 0 Å². The number of hydrogen-bond acceptors (Lipinski definition) is 1. The van der Waals surface area contributed by atoms with Crippen LogP contribution < -0.4 is 5.32 Å². The molecule has 1 N–H and O–H groups in total. The maximum Gasteiger partial charge on any atom is 0.416 e. The van der Waals surface area contributed by atoms with E-state index < -0.39 is 11.7 Å². The summed E-state index contributed by atoms with van der Waals surface area (Å²) in [5, 5.41) is 4.74. The van der Waals surface area contributed by atoms with E-state index >= 15 is 0 Å². The molecule has 0 aliphatic rings. The maximum absolute atomic E-state index is 12.8. The van der Waals surface area contributed by atoms with Crippen LogP contribution in [-0.4, -0.2) is 11.9 Å². The molecule has 5 heteroatoms. The SMILES string of the molecule is CCc1ccc(-c2ccc(C(F)(F)F)cc2)c2ccc(C(=O)NC(C)C)cc12. The summed E-state index contributed by atoms with van der Waals surface area (Å²) < 4.78 is 38.5. The summed E-state index contributed by atoms with van der Waals surface area (Å²) in [6.07, 6.45) is -3.57. The Morgan fingerprint density at radius 3 is 2.21 bits per heavy atom. The van der Waals surface area contributed by atoms with Crippen LogP contribution in [0.2, 0.25) is 0 Å². The van der Waals surface area contributed by atoms with Crippen LogP contribution in [-0.2, 0) is 12.6 Å². The fraction of sp³-hybridized carbons (Fsp3) is 0.261. The van der Waals surface area contributed by atoms with Crippen LogP contribution in [0.3, 0.4) is 0 Å². The molecule has 0 atom stereocenters. The summed E-state index contributed by atoms with van der Waals surface area (Å²) in [6, 6.07) is 14.6. The highest BCUT2D eigenvalue weighted by Crippen LogP contribution is 2.35. The largest absolute Gasteiger partial charge is 0.416 e. The summed E-state index contributed by atoms with van der Waals surface area (Å²) in [5.41, 5.74) is 2.54. The standard InChI is InChI=1S/C23H22F3NO/c1-4-15-7-11-19(16-5-9-18(10-6-16)23(24,25)26)20-12-8-17(13-21(15)20)22(28)27-14(2)3/h5-14H,4H2,1-3H3,(H,27,28). The molecule has 0 aliphatic heterocycles. The molecule has 2 nitrogen and oxygen atoms in total. The molecule has 146 valence electrons. The molecular weight excluding hydrogens is 363 g/mol. The normalized spacial score (nSPS) is 11.8. The minimum absolute atomic E-state index is 0.0346. The fourth-order valence-electron chi connectivity index (χ4n) is 3.29. The average molecular weight is 385 g/mol. The van der Waals surface area contributed by atoms with Crippen molar-refractivity contribution in [3.63, 3.8) is 0 Å². The molecule has 0 radical (unpaired) electrons. The molecule has 0 spiro atoms. The second-order valence-corrected chi connectivity index (χ2v) is 7.09. The molecule has 3 rings (SSSR count). The van der Waals surface area contributed by atoms with E-state index in [-0.39, 0.29) is 11.9 Å². The van der Waals surface area contributed by atoms with E-state index in [1.807, 2.05) is 45.0 Å². The van der Waals surface area contributed by atoms with Crippen molar-refractivity contribution in [3.8, 4) is 11.1 Å². The number of hydrogen-bond donors (Lipinski definition) is 1. The number of aryl methyl sites for hydroxylation is 1. The predicted octanol–water partition coefficient (Wildman–Crippen LogP) is 6.23. The van der Waals surface area contributed by atoms with Crippen molar-refractivity contribution in [2.24, 2.45) is 0 Å². The zero-order chi connectivity index (χ0) is 20.5. The fourth-order valence-corrected chi connectivity index (χ4v) is 3.29. The van der Waals surface area contributed by atoms with E-state index in [4.69, 9.17) is 0 Å². The van der Waals surface area contributed by atoms with Gasteiger partial charge >= 0.3 is 6.18 Å². The number of halogens is 3. The monoisotopic (exact) mass is 385 g/mol. The zero-order valence-corrected chi connectivity index (χ0v) is 16.0. The van der Waals surface area contributed by atoms with Crippen LogP contribution >= 0.6 is 0 Å². The third-order valence-electron chi connectivity index (χ3n) is 4.69. The van der Waals surface area contributed by atoms with Crippen molar-refractivity contribution in [1.82, 2.24) is 5.32 Å². The molecule has 0 saturated heterocycles. The van der Waals surface area contributed by atoms with Gasteiger partial charge in [-0.05, 0) is 72.0 Å². The van der Waals surface area contributed by atoms with E-state index in [1.54, 1.807) is 6.07 Å². The van der Waals surface area contributed by atoms with Crippen molar-refractivity contribution in [1.29, 1.82) is 0 Å². The lowest BCUT2D eigenvalue weighted by atomic mass is 9.92. The van der Waals surface area contributed by atoms with E-state index in [0.717, 1.165) is 40.5 Å². The molecular formula is C23H22F3NO. The Hall–Kier alpha value is -2.82. The maximum atomic E-state index is 12.8. The van der Waals surface area contributed by atoms with Crippen molar-refractivity contribution in [3.05, 3.63) is 71.3 Å². The Labute approximate surface area is 162 Å². The summed E-state index contributed by atoms with van der Waals surface area (Å²) in [6.45, 7) is 5.84. The molecule has 28 heavy (non-hydrogen) atoms. The minimum atomic E-state index is -4.36. The summed E-state index contributed by atoms with van der Waals surface area (Å²) in [5.74, 6) is -0.140. The molecule has 0 bridgehead atoms. The first-order valence-electron chi connectivity index (χ1n) is 9.25. The van der Waals surface area contributed by atoms with Gasteiger partial charge < -0.3 is 5.32 Å². The number of fused-ring (bicyclic) bond motifs is 1. The Morgan fingerprint density at radius 2 is 1.64 bits per heavy atom. The van der Waals surface area contributed by atoms with Gasteiger partial charge in [-0.15, -0.1) is 0 Å². The number of carbonyl (C=O) groups excluding carboxylic acids is 1. The Kier molecular flexibility index (Phi) is 5.45. The molecule has 0 saturated carbocycles. The van der Waals surface area contributed by atoms with Gasteiger partial charge in [0.05, 0.1) is 5.56 Å². The summed E-state index contributed by atoms with van der Waals surface area (Å²) >= 11 is 0. The van der Waals surface area contributed by atoms with Gasteiger partial charge in [-0.2, -0.15) is 13.2 Å². The lowest BCUT2D eigenvalue weighted by molar-refractivity contribution is -0.137. The van der Waals surface area contributed by atoms with Gasteiger partial charge in [0, 0.05) is 11.6 Å². The second kappa shape index (κ2) is 7.66. The van der Waals surface area contributed by atoms with Gasteiger partial charge in [0.1, 0.15) is 0 Å². The summed E-state index contributed by atoms with van der Waals surface area (Å²) in [4.78, 5) is 12.4. The van der Waals surface area contributed by atoms with E-state index in [2.05, 4.69) is 5.32 Å². The number of benzene rings is 3. The van der Waals surface area contributed by atoms with Crippen molar-refractivity contribution in [2.45, 2.75) is 39.4 Å². The second-order valence-electron chi connectivity index (χ2n) is 7.09. The van der Waals surface area contributed by atoms with E-state index in [9.17, 15) is 18.0 Å². The molecule has 0 aliphatic carbocycles. The first-order valence-corrected chi connectivity index (χ1v) is 9.25. The number of amides is 1. The average Bonchev–Trinajstić information content (AvgIpc) is 2.65. The van der Waals surface area contributed by atoms with Gasteiger partial charge in [-0.1, -0.05) is 37.3 Å². The van der Waals surface area contributed by atoms with Crippen molar-refractivity contribution >= 4 is 16.7 Å². The van der Waals surface area contributed by atoms with Gasteiger partial charge in [-0.25, -0.2) is 0 Å². The van der Waals surface area contributed by atoms with Crippen molar-refractivity contribution < 1.29 is 18.0 Å². The third-order valence-corrected chi connectivity index (χ3v) is 4.69. The summed E-state index contributed by atoms with van der Waals surface area (Å²) in [7, 11) is 0. The molecule has 3 aromatic carbocycles. The van der Waals surface area contributed by atoms with E-state index in [1.165, 1.54) is 12.1 Å². The quantitative estimate of drug-likeness (QED) is 0.567. The molecule has 0 heterocycles. The Morgan fingerprint density at radius 1 is 0.964 bits per heavy atom. The van der Waals surface area contributed by atoms with Crippen LogP contribution in [0.5, 0.6) is 0 Å². The highest BCUT2D eigenvalue weighted by atomic mass is 19.4. The Balaban J connectivity index is 2.11. The number of rotatable bonds is 4. The van der Waals surface area contributed by atoms with Crippen LogP contribution in [0.15, 0.2) is 54.6 Å². The lowest BCUT2D eigenvalue weighted by Crippen LogP contribution is -2.30. The first-order chi connectivity index (χ1) is 13.2. The zero-order valence-electron chi connectivity index (χ0n) is 16.0. The smallest absolute Gasteiger partial charge is 0.350 e. The molecule has 1 amide bonds. The number of carbonyl (C=O) groups is 1. The van der Waals surface area contributed by atoms with Gasteiger partial charge in [-0.3, -0.25) is 4.79 Å². The Bertz CT molecular complexity index is 1000. The van der Waals surface area contributed by atoms with Crippen LogP contribution in [0.1, 0.15) is 42.3 Å². The third kappa shape index (κ3) is 4.03. The molecule has 0 fully saturated rings. The van der Waals surface area contributed by atoms with Crippen LogP contribution in [0, 0.1) is 0 Å². The highest BCUT2D eigenvalue weighted by molar-refractivity contribution is 6.04. The number of nitrogens with one attached hydrogen (secondary N) is 1. The topological polar surface area (TPSA) is 29.1 Å². The highest BCUT2D eigenvalue weighted by Gasteiger charge is 2.30. The van der Waals surface area contributed by atoms with Gasteiger partial charge in [0.2, 0.25) is 0 Å². The number of alkyl halides is 3. The molecule has 0 aromatic heterocycles.